The minimum Gasteiger partial charge on any atom is -0.388 e. The van der Waals surface area contributed by atoms with Gasteiger partial charge < -0.3 is 5.11 Å². The Bertz CT molecular complexity index is 177. The number of allylic oxidation sites excluding steroid dienone is 2. The van der Waals surface area contributed by atoms with Gasteiger partial charge in [-0.15, -0.1) is 0 Å². The summed E-state index contributed by atoms with van der Waals surface area (Å²) >= 11 is 0. The molecule has 0 radical (unpaired) electrons. The van der Waals surface area contributed by atoms with Gasteiger partial charge in [-0.05, 0) is 20.3 Å². The summed E-state index contributed by atoms with van der Waals surface area (Å²) in [7, 11) is 0. The van der Waals surface area contributed by atoms with Gasteiger partial charge >= 0.3 is 0 Å². The molecule has 1 N–H and O–H groups in total. The van der Waals surface area contributed by atoms with Crippen molar-refractivity contribution in [1.29, 1.82) is 0 Å². The zero-order valence-electron chi connectivity index (χ0n) is 7.30. The second kappa shape index (κ2) is 4.91. The van der Waals surface area contributed by atoms with Crippen LogP contribution in [-0.4, -0.2) is 11.2 Å². The van der Waals surface area contributed by atoms with Gasteiger partial charge in [0.25, 0.3) is 0 Å². The molecular formula is C10H16O. The van der Waals surface area contributed by atoms with E-state index in [4.69, 9.17) is 0 Å². The molecule has 0 amide bonds. The molecule has 0 aliphatic rings. The predicted octanol–water partition coefficient (Wildman–Crippen LogP) is 2.45. The smallest absolute Gasteiger partial charge is 0.0779 e. The molecule has 0 saturated heterocycles. The molecule has 11 heavy (non-hydrogen) atoms. The van der Waals surface area contributed by atoms with Crippen molar-refractivity contribution in [3.8, 4) is 0 Å². The standard InChI is InChI=1S/C10H16O/c1-5-9(4)6-7-10(11)8(2)3/h5-6,10-11H,1-2,7H2,3-4H3/t10-/m1/s1. The Labute approximate surface area is 68.7 Å². The Morgan fingerprint density at radius 3 is 2.45 bits per heavy atom. The van der Waals surface area contributed by atoms with Crippen molar-refractivity contribution in [1.82, 2.24) is 0 Å². The number of rotatable bonds is 4. The average Bonchev–Trinajstić information content (AvgIpc) is 1.99. The summed E-state index contributed by atoms with van der Waals surface area (Å²) < 4.78 is 0. The van der Waals surface area contributed by atoms with Crippen LogP contribution in [0.2, 0.25) is 0 Å². The second-order valence-corrected chi connectivity index (χ2v) is 2.75. The van der Waals surface area contributed by atoms with Crippen LogP contribution in [-0.2, 0) is 0 Å². The maximum absolute atomic E-state index is 9.29. The molecule has 0 fully saturated rings. The van der Waals surface area contributed by atoms with Crippen LogP contribution in [0.15, 0.2) is 36.5 Å². The molecule has 0 aliphatic heterocycles. The van der Waals surface area contributed by atoms with Crippen molar-refractivity contribution >= 4 is 0 Å². The molecule has 0 rings (SSSR count). The van der Waals surface area contributed by atoms with Gasteiger partial charge in [-0.25, -0.2) is 0 Å². The SMILES string of the molecule is C=CC(C)=CC[C@@H](O)C(=C)C. The summed E-state index contributed by atoms with van der Waals surface area (Å²) in [5, 5.41) is 9.29. The molecule has 0 aromatic heterocycles. The van der Waals surface area contributed by atoms with Crippen molar-refractivity contribution < 1.29 is 5.11 Å². The topological polar surface area (TPSA) is 20.2 Å². The van der Waals surface area contributed by atoms with Crippen LogP contribution >= 0.6 is 0 Å². The molecule has 0 saturated carbocycles. The molecule has 1 atom stereocenters. The van der Waals surface area contributed by atoms with E-state index in [9.17, 15) is 5.11 Å². The minimum absolute atomic E-state index is 0.412. The molecule has 0 bridgehead atoms. The highest BCUT2D eigenvalue weighted by Gasteiger charge is 2.00. The van der Waals surface area contributed by atoms with Gasteiger partial charge in [0.2, 0.25) is 0 Å². The lowest BCUT2D eigenvalue weighted by molar-refractivity contribution is 0.215. The lowest BCUT2D eigenvalue weighted by Crippen LogP contribution is -2.04. The van der Waals surface area contributed by atoms with Gasteiger partial charge in [-0.3, -0.25) is 0 Å². The molecule has 0 aliphatic carbocycles. The summed E-state index contributed by atoms with van der Waals surface area (Å²) in [6.45, 7) is 11.0. The monoisotopic (exact) mass is 152 g/mol. The third-order valence-corrected chi connectivity index (χ3v) is 1.55. The number of hydrogen-bond donors (Lipinski definition) is 1. The maximum atomic E-state index is 9.29. The van der Waals surface area contributed by atoms with E-state index in [2.05, 4.69) is 13.2 Å². The lowest BCUT2D eigenvalue weighted by atomic mass is 10.1. The highest BCUT2D eigenvalue weighted by atomic mass is 16.3. The van der Waals surface area contributed by atoms with Crippen molar-refractivity contribution in [2.45, 2.75) is 26.4 Å². The van der Waals surface area contributed by atoms with E-state index in [0.29, 0.717) is 6.42 Å². The van der Waals surface area contributed by atoms with Crippen LogP contribution < -0.4 is 0 Å². The maximum Gasteiger partial charge on any atom is 0.0779 e. The first-order valence-corrected chi connectivity index (χ1v) is 3.70. The molecule has 0 unspecified atom stereocenters. The van der Waals surface area contributed by atoms with E-state index < -0.39 is 6.10 Å². The van der Waals surface area contributed by atoms with Crippen LogP contribution in [0.3, 0.4) is 0 Å². The predicted molar refractivity (Wildman–Crippen MR) is 49.4 cm³/mol. The minimum atomic E-state index is -0.412. The fraction of sp³-hybridized carbons (Fsp3) is 0.400. The van der Waals surface area contributed by atoms with Crippen LogP contribution in [0.5, 0.6) is 0 Å². The molecule has 62 valence electrons. The lowest BCUT2D eigenvalue weighted by Gasteiger charge is -2.06. The average molecular weight is 152 g/mol. The third-order valence-electron chi connectivity index (χ3n) is 1.55. The van der Waals surface area contributed by atoms with Crippen molar-refractivity contribution in [2.24, 2.45) is 0 Å². The van der Waals surface area contributed by atoms with E-state index in [1.807, 2.05) is 19.9 Å². The quantitative estimate of drug-likeness (QED) is 0.484. The third kappa shape index (κ3) is 4.57. The van der Waals surface area contributed by atoms with E-state index in [0.717, 1.165) is 11.1 Å². The van der Waals surface area contributed by atoms with Crippen LogP contribution in [0.25, 0.3) is 0 Å². The van der Waals surface area contributed by atoms with Gasteiger partial charge in [-0.2, -0.15) is 0 Å². The number of aliphatic hydroxyl groups excluding tert-OH is 1. The zero-order chi connectivity index (χ0) is 8.85. The molecule has 1 nitrogen and oxygen atoms in total. The zero-order valence-corrected chi connectivity index (χ0v) is 7.30. The normalized spacial score (nSPS) is 14.3. The summed E-state index contributed by atoms with van der Waals surface area (Å²) in [6.07, 6.45) is 3.94. The van der Waals surface area contributed by atoms with E-state index in [1.165, 1.54) is 0 Å². The number of aliphatic hydroxyl groups is 1. The molecular weight excluding hydrogens is 136 g/mol. The second-order valence-electron chi connectivity index (χ2n) is 2.75. The fourth-order valence-electron chi connectivity index (χ4n) is 0.582. The highest BCUT2D eigenvalue weighted by molar-refractivity contribution is 5.14. The van der Waals surface area contributed by atoms with Gasteiger partial charge in [0.15, 0.2) is 0 Å². The summed E-state index contributed by atoms with van der Waals surface area (Å²) in [5.74, 6) is 0. The molecule has 0 aromatic rings. The molecule has 1 heteroatoms. The first-order chi connectivity index (χ1) is 5.07. The van der Waals surface area contributed by atoms with Crippen molar-refractivity contribution in [2.75, 3.05) is 0 Å². The van der Waals surface area contributed by atoms with Crippen molar-refractivity contribution in [3.05, 3.63) is 36.5 Å². The summed E-state index contributed by atoms with van der Waals surface area (Å²) in [4.78, 5) is 0. The van der Waals surface area contributed by atoms with Gasteiger partial charge in [0.05, 0.1) is 6.10 Å². The van der Waals surface area contributed by atoms with E-state index in [1.54, 1.807) is 6.08 Å². The Hall–Kier alpha value is -0.820. The van der Waals surface area contributed by atoms with E-state index >= 15 is 0 Å². The van der Waals surface area contributed by atoms with Gasteiger partial charge in [0.1, 0.15) is 0 Å². The summed E-state index contributed by atoms with van der Waals surface area (Å²) in [5.41, 5.74) is 1.89. The summed E-state index contributed by atoms with van der Waals surface area (Å²) in [6, 6.07) is 0. The molecule has 0 spiro atoms. The largest absolute Gasteiger partial charge is 0.388 e. The van der Waals surface area contributed by atoms with Crippen LogP contribution in [0.1, 0.15) is 20.3 Å². The van der Waals surface area contributed by atoms with Gasteiger partial charge in [0, 0.05) is 0 Å². The Morgan fingerprint density at radius 1 is 1.55 bits per heavy atom. The molecule has 0 heterocycles. The highest BCUT2D eigenvalue weighted by Crippen LogP contribution is 2.05. The molecule has 0 aromatic carbocycles. The van der Waals surface area contributed by atoms with E-state index in [-0.39, 0.29) is 0 Å². The Balaban J connectivity index is 3.87. The van der Waals surface area contributed by atoms with Crippen LogP contribution in [0.4, 0.5) is 0 Å². The first kappa shape index (κ1) is 10.2. The fourth-order valence-corrected chi connectivity index (χ4v) is 0.582. The van der Waals surface area contributed by atoms with Gasteiger partial charge in [-0.1, -0.05) is 36.5 Å². The Morgan fingerprint density at radius 2 is 2.09 bits per heavy atom. The first-order valence-electron chi connectivity index (χ1n) is 3.70. The van der Waals surface area contributed by atoms with Crippen molar-refractivity contribution in [3.63, 3.8) is 0 Å². The Kier molecular flexibility index (Phi) is 4.55. The van der Waals surface area contributed by atoms with Crippen LogP contribution in [0, 0.1) is 0 Å². The number of hydrogen-bond acceptors (Lipinski definition) is 1.